The summed E-state index contributed by atoms with van der Waals surface area (Å²) < 4.78 is 44.1. The Bertz CT molecular complexity index is 725. The maximum Gasteiger partial charge on any atom is 0.245 e. The van der Waals surface area contributed by atoms with Gasteiger partial charge in [0, 0.05) is 19.2 Å². The minimum absolute atomic E-state index is 0.109. The maximum absolute atomic E-state index is 13.0. The number of nitrogens with zero attached hydrogens (tertiary/aromatic N) is 1. The Morgan fingerprint density at radius 3 is 2.60 bits per heavy atom. The average molecular weight is 298 g/mol. The van der Waals surface area contributed by atoms with Crippen LogP contribution in [-0.2, 0) is 16.6 Å². The fraction of sp³-hybridized carbons (Fsp3) is 0.231. The van der Waals surface area contributed by atoms with Gasteiger partial charge in [0.15, 0.2) is 0 Å². The smallest absolute Gasteiger partial charge is 0.245 e. The van der Waals surface area contributed by atoms with Crippen LogP contribution in [-0.4, -0.2) is 19.8 Å². The van der Waals surface area contributed by atoms with E-state index in [-0.39, 0.29) is 17.1 Å². The molecule has 108 valence electrons. The van der Waals surface area contributed by atoms with Crippen molar-refractivity contribution >= 4 is 15.7 Å². The van der Waals surface area contributed by atoms with E-state index in [0.717, 1.165) is 22.0 Å². The lowest BCUT2D eigenvalue weighted by Gasteiger charge is -2.18. The number of halogens is 1. The van der Waals surface area contributed by atoms with Crippen molar-refractivity contribution in [3.8, 4) is 0 Å². The molecular formula is C13H15FN2O3S. The predicted octanol–water partition coefficient (Wildman–Crippen LogP) is 2.13. The number of nitrogen functional groups attached to an aromatic ring is 1. The summed E-state index contributed by atoms with van der Waals surface area (Å²) >= 11 is 0. The van der Waals surface area contributed by atoms with Crippen LogP contribution in [0.2, 0.25) is 0 Å². The van der Waals surface area contributed by atoms with Crippen LogP contribution in [0.25, 0.3) is 0 Å². The van der Waals surface area contributed by atoms with Gasteiger partial charge in [-0.05, 0) is 31.2 Å². The quantitative estimate of drug-likeness (QED) is 0.877. The van der Waals surface area contributed by atoms with Gasteiger partial charge >= 0.3 is 0 Å². The molecule has 1 aromatic heterocycles. The standard InChI is InChI=1S/C13H15FN2O3S/c1-9-10(5-6-19-9)8-16(2)20(17,18)13-4-3-11(14)7-12(13)15/h3-7H,8,15H2,1-2H3. The van der Waals surface area contributed by atoms with Crippen molar-refractivity contribution in [1.29, 1.82) is 0 Å². The van der Waals surface area contributed by atoms with Crippen LogP contribution in [0, 0.1) is 12.7 Å². The summed E-state index contributed by atoms with van der Waals surface area (Å²) in [5.41, 5.74) is 6.23. The summed E-state index contributed by atoms with van der Waals surface area (Å²) in [6.07, 6.45) is 1.50. The molecule has 0 aliphatic heterocycles. The Morgan fingerprint density at radius 1 is 1.35 bits per heavy atom. The summed E-state index contributed by atoms with van der Waals surface area (Å²) in [4.78, 5) is -0.109. The summed E-state index contributed by atoms with van der Waals surface area (Å²) in [6.45, 7) is 1.91. The van der Waals surface area contributed by atoms with Gasteiger partial charge in [-0.2, -0.15) is 4.31 Å². The highest BCUT2D eigenvalue weighted by Crippen LogP contribution is 2.24. The van der Waals surface area contributed by atoms with Crippen molar-refractivity contribution in [1.82, 2.24) is 4.31 Å². The van der Waals surface area contributed by atoms with Crippen LogP contribution >= 0.6 is 0 Å². The molecule has 7 heteroatoms. The van der Waals surface area contributed by atoms with Crippen molar-refractivity contribution in [3.63, 3.8) is 0 Å². The first kappa shape index (κ1) is 14.5. The maximum atomic E-state index is 13.0. The molecule has 1 heterocycles. The molecule has 0 atom stereocenters. The third-order valence-corrected chi connectivity index (χ3v) is 4.90. The molecule has 0 saturated carbocycles. The summed E-state index contributed by atoms with van der Waals surface area (Å²) in [6, 6.07) is 4.93. The molecule has 2 N–H and O–H groups in total. The molecule has 2 aromatic rings. The lowest BCUT2D eigenvalue weighted by molar-refractivity contribution is 0.459. The highest BCUT2D eigenvalue weighted by molar-refractivity contribution is 7.89. The Kier molecular flexibility index (Phi) is 3.82. The zero-order chi connectivity index (χ0) is 14.9. The van der Waals surface area contributed by atoms with Gasteiger partial charge in [-0.15, -0.1) is 0 Å². The summed E-state index contributed by atoms with van der Waals surface area (Å²) in [5, 5.41) is 0. The van der Waals surface area contributed by atoms with Gasteiger partial charge in [-0.3, -0.25) is 0 Å². The van der Waals surface area contributed by atoms with Gasteiger partial charge in [-0.25, -0.2) is 12.8 Å². The Hall–Kier alpha value is -1.86. The molecule has 0 bridgehead atoms. The van der Waals surface area contributed by atoms with Crippen molar-refractivity contribution in [2.75, 3.05) is 12.8 Å². The first-order chi connectivity index (χ1) is 9.32. The summed E-state index contributed by atoms with van der Waals surface area (Å²) in [5.74, 6) is 0.0777. The monoisotopic (exact) mass is 298 g/mol. The number of hydrogen-bond acceptors (Lipinski definition) is 4. The fourth-order valence-corrected chi connectivity index (χ4v) is 3.06. The normalized spacial score (nSPS) is 12.0. The van der Waals surface area contributed by atoms with Crippen molar-refractivity contribution in [3.05, 3.63) is 47.7 Å². The van der Waals surface area contributed by atoms with Crippen LogP contribution in [0.5, 0.6) is 0 Å². The lowest BCUT2D eigenvalue weighted by atomic mass is 10.3. The number of aryl methyl sites for hydroxylation is 1. The van der Waals surface area contributed by atoms with Gasteiger partial charge in [0.1, 0.15) is 16.5 Å². The van der Waals surface area contributed by atoms with E-state index in [0.29, 0.717) is 5.76 Å². The third kappa shape index (κ3) is 2.68. The number of hydrogen-bond donors (Lipinski definition) is 1. The van der Waals surface area contributed by atoms with Crippen molar-refractivity contribution in [2.45, 2.75) is 18.4 Å². The molecule has 2 rings (SSSR count). The van der Waals surface area contributed by atoms with E-state index in [2.05, 4.69) is 0 Å². The van der Waals surface area contributed by atoms with E-state index in [1.54, 1.807) is 13.0 Å². The first-order valence-electron chi connectivity index (χ1n) is 5.86. The topological polar surface area (TPSA) is 76.5 Å². The van der Waals surface area contributed by atoms with Crippen LogP contribution in [0.3, 0.4) is 0 Å². The van der Waals surface area contributed by atoms with Crippen LogP contribution in [0.1, 0.15) is 11.3 Å². The molecule has 0 fully saturated rings. The SMILES string of the molecule is Cc1occc1CN(C)S(=O)(=O)c1ccc(F)cc1N. The first-order valence-corrected chi connectivity index (χ1v) is 7.30. The number of sulfonamides is 1. The zero-order valence-electron chi connectivity index (χ0n) is 11.1. The molecule has 0 saturated heterocycles. The molecule has 5 nitrogen and oxygen atoms in total. The van der Waals surface area contributed by atoms with E-state index in [1.807, 2.05) is 0 Å². The molecule has 0 unspecified atom stereocenters. The lowest BCUT2D eigenvalue weighted by Crippen LogP contribution is -2.27. The average Bonchev–Trinajstić information content (AvgIpc) is 2.74. The highest BCUT2D eigenvalue weighted by atomic mass is 32.2. The van der Waals surface area contributed by atoms with Crippen LogP contribution in [0.15, 0.2) is 39.8 Å². The fourth-order valence-electron chi connectivity index (χ4n) is 1.82. The third-order valence-electron chi connectivity index (χ3n) is 3.02. The number of nitrogens with two attached hydrogens (primary N) is 1. The predicted molar refractivity (Wildman–Crippen MR) is 72.9 cm³/mol. The van der Waals surface area contributed by atoms with Gasteiger partial charge in [0.25, 0.3) is 0 Å². The van der Waals surface area contributed by atoms with E-state index in [9.17, 15) is 12.8 Å². The molecule has 0 aliphatic rings. The van der Waals surface area contributed by atoms with E-state index >= 15 is 0 Å². The van der Waals surface area contributed by atoms with E-state index in [4.69, 9.17) is 10.2 Å². The Morgan fingerprint density at radius 2 is 2.05 bits per heavy atom. The van der Waals surface area contributed by atoms with Crippen molar-refractivity contribution < 1.29 is 17.2 Å². The second kappa shape index (κ2) is 5.26. The van der Waals surface area contributed by atoms with E-state index in [1.165, 1.54) is 19.4 Å². The number of anilines is 1. The second-order valence-electron chi connectivity index (χ2n) is 4.45. The minimum atomic E-state index is -3.78. The highest BCUT2D eigenvalue weighted by Gasteiger charge is 2.24. The molecule has 1 aromatic carbocycles. The van der Waals surface area contributed by atoms with Gasteiger partial charge in [0.2, 0.25) is 10.0 Å². The van der Waals surface area contributed by atoms with Crippen LogP contribution in [0.4, 0.5) is 10.1 Å². The molecule has 0 aliphatic carbocycles. The molecule has 0 spiro atoms. The van der Waals surface area contributed by atoms with Crippen molar-refractivity contribution in [2.24, 2.45) is 0 Å². The molecule has 0 amide bonds. The second-order valence-corrected chi connectivity index (χ2v) is 6.46. The number of rotatable bonds is 4. The number of benzene rings is 1. The zero-order valence-corrected chi connectivity index (χ0v) is 11.9. The summed E-state index contributed by atoms with van der Waals surface area (Å²) in [7, 11) is -2.34. The largest absolute Gasteiger partial charge is 0.469 e. The van der Waals surface area contributed by atoms with Crippen LogP contribution < -0.4 is 5.73 Å². The Labute approximate surface area is 116 Å². The van der Waals surface area contributed by atoms with E-state index < -0.39 is 15.8 Å². The molecule has 0 radical (unpaired) electrons. The Balaban J connectivity index is 2.32. The molecule has 20 heavy (non-hydrogen) atoms. The minimum Gasteiger partial charge on any atom is -0.469 e. The van der Waals surface area contributed by atoms with Gasteiger partial charge in [0.05, 0.1) is 12.0 Å². The van der Waals surface area contributed by atoms with Gasteiger partial charge in [-0.1, -0.05) is 0 Å². The number of furan rings is 1. The molecular weight excluding hydrogens is 283 g/mol. The van der Waals surface area contributed by atoms with Gasteiger partial charge < -0.3 is 10.2 Å².